The molecule has 0 N–H and O–H groups in total. The molecular weight excluding hydrogens is 209 g/mol. The Balaban J connectivity index is 2.49. The van der Waals surface area contributed by atoms with Gasteiger partial charge in [-0.1, -0.05) is 6.92 Å². The second-order valence-electron chi connectivity index (χ2n) is 2.72. The van der Waals surface area contributed by atoms with Crippen molar-refractivity contribution in [2.75, 3.05) is 5.88 Å². The Hall–Kier alpha value is -0.280. The normalized spacial score (nSPS) is 12.8. The van der Waals surface area contributed by atoms with Gasteiger partial charge in [-0.05, 0) is 18.6 Å². The van der Waals surface area contributed by atoms with E-state index in [1.54, 1.807) is 17.8 Å². The summed E-state index contributed by atoms with van der Waals surface area (Å²) in [4.78, 5) is 3.95. The number of rotatable bonds is 4. The minimum atomic E-state index is -0.297. The molecule has 0 radical (unpaired) electrons. The van der Waals surface area contributed by atoms with Gasteiger partial charge in [0, 0.05) is 11.1 Å². The second-order valence-corrected chi connectivity index (χ2v) is 4.56. The van der Waals surface area contributed by atoms with Crippen LogP contribution in [-0.2, 0) is 0 Å². The zero-order chi connectivity index (χ0) is 9.68. The van der Waals surface area contributed by atoms with Crippen LogP contribution in [0, 0.1) is 5.82 Å². The van der Waals surface area contributed by atoms with Crippen LogP contribution in [-0.4, -0.2) is 16.1 Å². The molecule has 1 unspecified atom stereocenters. The molecule has 13 heavy (non-hydrogen) atoms. The lowest BCUT2D eigenvalue weighted by atomic mass is 10.4. The molecule has 0 aliphatic carbocycles. The van der Waals surface area contributed by atoms with Crippen LogP contribution < -0.4 is 0 Å². The Labute approximate surface area is 86.7 Å². The molecule has 1 heterocycles. The smallest absolute Gasteiger partial charge is 0.141 e. The van der Waals surface area contributed by atoms with E-state index >= 15 is 0 Å². The lowest BCUT2D eigenvalue weighted by Crippen LogP contribution is -1.97. The van der Waals surface area contributed by atoms with Crippen LogP contribution in [0.25, 0.3) is 0 Å². The van der Waals surface area contributed by atoms with Crippen LogP contribution in [0.4, 0.5) is 4.39 Å². The summed E-state index contributed by atoms with van der Waals surface area (Å²) in [6.07, 6.45) is 2.17. The number of hydrogen-bond donors (Lipinski definition) is 0. The Bertz CT molecular complexity index is 252. The molecule has 72 valence electrons. The minimum absolute atomic E-state index is 0.297. The lowest BCUT2D eigenvalue weighted by Gasteiger charge is -2.07. The van der Waals surface area contributed by atoms with Gasteiger partial charge >= 0.3 is 0 Å². The first-order chi connectivity index (χ1) is 6.22. The fraction of sp³-hybridized carbons (Fsp3) is 0.444. The first-order valence-electron chi connectivity index (χ1n) is 4.06. The quantitative estimate of drug-likeness (QED) is 0.569. The van der Waals surface area contributed by atoms with E-state index in [4.69, 9.17) is 11.6 Å². The molecule has 0 aliphatic heterocycles. The van der Waals surface area contributed by atoms with Gasteiger partial charge in [0.25, 0.3) is 0 Å². The summed E-state index contributed by atoms with van der Waals surface area (Å²) in [5, 5.41) is 1.27. The highest BCUT2D eigenvalue weighted by molar-refractivity contribution is 7.99. The molecule has 1 aromatic heterocycles. The van der Waals surface area contributed by atoms with Crippen LogP contribution in [0.15, 0.2) is 23.4 Å². The van der Waals surface area contributed by atoms with E-state index < -0.39 is 0 Å². The number of halogens is 2. The number of nitrogens with zero attached hydrogens (tertiary/aromatic N) is 1. The molecule has 0 aliphatic rings. The lowest BCUT2D eigenvalue weighted by molar-refractivity contribution is 0.618. The van der Waals surface area contributed by atoms with Crippen molar-refractivity contribution in [2.45, 2.75) is 23.6 Å². The third-order valence-corrected chi connectivity index (χ3v) is 2.88. The molecule has 0 spiro atoms. The van der Waals surface area contributed by atoms with E-state index in [-0.39, 0.29) is 5.82 Å². The van der Waals surface area contributed by atoms with Crippen molar-refractivity contribution in [3.05, 3.63) is 24.1 Å². The van der Waals surface area contributed by atoms with Crippen LogP contribution in [0.1, 0.15) is 13.3 Å². The molecule has 0 bridgehead atoms. The average Bonchev–Trinajstić information content (AvgIpc) is 2.09. The summed E-state index contributed by atoms with van der Waals surface area (Å²) in [7, 11) is 0. The van der Waals surface area contributed by atoms with Gasteiger partial charge in [-0.15, -0.1) is 23.4 Å². The van der Waals surface area contributed by atoms with Crippen molar-refractivity contribution in [3.63, 3.8) is 0 Å². The summed E-state index contributed by atoms with van der Waals surface area (Å²) in [6.45, 7) is 2.08. The Morgan fingerprint density at radius 3 is 2.92 bits per heavy atom. The summed E-state index contributed by atoms with van der Waals surface area (Å²) in [5.41, 5.74) is 0. The maximum atomic E-state index is 12.5. The van der Waals surface area contributed by atoms with Gasteiger partial charge in [0.2, 0.25) is 0 Å². The van der Waals surface area contributed by atoms with Gasteiger partial charge < -0.3 is 0 Å². The van der Waals surface area contributed by atoms with Gasteiger partial charge in [0.15, 0.2) is 0 Å². The monoisotopic (exact) mass is 219 g/mol. The van der Waals surface area contributed by atoms with Crippen molar-refractivity contribution in [1.29, 1.82) is 0 Å². The molecule has 0 aromatic carbocycles. The van der Waals surface area contributed by atoms with Gasteiger partial charge in [-0.2, -0.15) is 0 Å². The van der Waals surface area contributed by atoms with Crippen molar-refractivity contribution >= 4 is 23.4 Å². The Morgan fingerprint density at radius 2 is 2.38 bits per heavy atom. The molecule has 0 saturated heterocycles. The molecular formula is C9H11ClFNS. The molecule has 0 saturated carbocycles. The fourth-order valence-electron chi connectivity index (χ4n) is 0.851. The Morgan fingerprint density at radius 1 is 1.62 bits per heavy atom. The van der Waals surface area contributed by atoms with Crippen molar-refractivity contribution < 1.29 is 4.39 Å². The molecule has 1 aromatic rings. The van der Waals surface area contributed by atoms with Crippen LogP contribution in [0.5, 0.6) is 0 Å². The molecule has 0 fully saturated rings. The number of pyridine rings is 1. The van der Waals surface area contributed by atoms with Gasteiger partial charge in [-0.3, -0.25) is 0 Å². The van der Waals surface area contributed by atoms with E-state index in [0.717, 1.165) is 11.4 Å². The first-order valence-corrected chi connectivity index (χ1v) is 5.48. The number of alkyl halides is 1. The van der Waals surface area contributed by atoms with E-state index in [2.05, 4.69) is 11.9 Å². The molecule has 1 nitrogen and oxygen atoms in total. The molecule has 4 heteroatoms. The highest BCUT2D eigenvalue weighted by Gasteiger charge is 2.04. The number of hydrogen-bond acceptors (Lipinski definition) is 2. The molecule has 0 amide bonds. The van der Waals surface area contributed by atoms with Crippen LogP contribution in [0.2, 0.25) is 0 Å². The molecule has 1 rings (SSSR count). The second kappa shape index (κ2) is 5.45. The maximum absolute atomic E-state index is 12.5. The SMILES string of the molecule is CC(CCCl)Sc1ccc(F)cn1. The van der Waals surface area contributed by atoms with Crippen molar-refractivity contribution in [3.8, 4) is 0 Å². The van der Waals surface area contributed by atoms with Crippen molar-refractivity contribution in [2.24, 2.45) is 0 Å². The summed E-state index contributed by atoms with van der Waals surface area (Å²) in [6, 6.07) is 3.10. The van der Waals surface area contributed by atoms with Crippen LogP contribution in [0.3, 0.4) is 0 Å². The predicted molar refractivity (Wildman–Crippen MR) is 54.9 cm³/mol. The summed E-state index contributed by atoms with van der Waals surface area (Å²) in [5.74, 6) is 0.351. The Kier molecular flexibility index (Phi) is 4.53. The topological polar surface area (TPSA) is 12.9 Å². The number of thioether (sulfide) groups is 1. The predicted octanol–water partition coefficient (Wildman–Crippen LogP) is 3.33. The number of aromatic nitrogens is 1. The van der Waals surface area contributed by atoms with E-state index in [0.29, 0.717) is 11.1 Å². The zero-order valence-electron chi connectivity index (χ0n) is 7.34. The standard InChI is InChI=1S/C9H11ClFNS/c1-7(4-5-10)13-9-3-2-8(11)6-12-9/h2-3,6-7H,4-5H2,1H3. The van der Waals surface area contributed by atoms with Crippen molar-refractivity contribution in [1.82, 2.24) is 4.98 Å². The average molecular weight is 220 g/mol. The summed E-state index contributed by atoms with van der Waals surface area (Å²) < 4.78 is 12.5. The van der Waals surface area contributed by atoms with Gasteiger partial charge in [0.1, 0.15) is 5.82 Å². The third kappa shape index (κ3) is 3.96. The zero-order valence-corrected chi connectivity index (χ0v) is 8.91. The largest absolute Gasteiger partial charge is 0.247 e. The summed E-state index contributed by atoms with van der Waals surface area (Å²) >= 11 is 7.21. The third-order valence-electron chi connectivity index (χ3n) is 1.54. The van der Waals surface area contributed by atoms with E-state index in [9.17, 15) is 4.39 Å². The fourth-order valence-corrected chi connectivity index (χ4v) is 2.22. The minimum Gasteiger partial charge on any atom is -0.247 e. The first kappa shape index (κ1) is 10.8. The van der Waals surface area contributed by atoms with Crippen LogP contribution >= 0.6 is 23.4 Å². The van der Waals surface area contributed by atoms with E-state index in [1.165, 1.54) is 12.3 Å². The maximum Gasteiger partial charge on any atom is 0.141 e. The van der Waals surface area contributed by atoms with E-state index in [1.807, 2.05) is 0 Å². The highest BCUT2D eigenvalue weighted by Crippen LogP contribution is 2.23. The molecule has 1 atom stereocenters. The highest BCUT2D eigenvalue weighted by atomic mass is 35.5. The van der Waals surface area contributed by atoms with Gasteiger partial charge in [-0.25, -0.2) is 9.37 Å². The van der Waals surface area contributed by atoms with Gasteiger partial charge in [0.05, 0.1) is 11.2 Å².